The number of aromatic nitrogens is 1. The molecule has 1 amide bonds. The lowest BCUT2D eigenvalue weighted by atomic mass is 9.38. The standard InChI is InChI=1S/C20H28B6ClF2N3O/c1-11-2-4-13(30-7-11)8-31-20(25,26)17(29)9-18(21,22)32(19(23,24)10-17)16(33)12-3-5-15(28)14(27)6-12/h2-7,31H,8-10,21-26H2,1H3. The Bertz CT molecular complexity index is 1040. The van der Waals surface area contributed by atoms with Crippen LogP contribution in [0.2, 0.25) is 5.02 Å². The Hall–Kier alpha value is -1.66. The molecule has 1 aromatic carbocycles. The highest BCUT2D eigenvalue weighted by atomic mass is 35.5. The normalized spacial score (nSPS) is 19.2. The van der Waals surface area contributed by atoms with Gasteiger partial charge >= 0.3 is 0 Å². The number of piperidine rings is 1. The first-order valence-corrected chi connectivity index (χ1v) is 11.6. The highest BCUT2D eigenvalue weighted by Gasteiger charge is 2.58. The molecule has 168 valence electrons. The Morgan fingerprint density at radius 3 is 2.30 bits per heavy atom. The summed E-state index contributed by atoms with van der Waals surface area (Å²) in [6.45, 7) is 2.42. The topological polar surface area (TPSA) is 45.2 Å². The number of benzene rings is 1. The van der Waals surface area contributed by atoms with Gasteiger partial charge in [0, 0.05) is 18.3 Å². The minimum Gasteiger partial charge on any atom is -0.359 e. The molecule has 1 aliphatic heterocycles. The summed E-state index contributed by atoms with van der Waals surface area (Å²) >= 11 is 5.92. The first-order valence-electron chi connectivity index (χ1n) is 11.2. The quantitative estimate of drug-likeness (QED) is 0.505. The molecule has 0 atom stereocenters. The van der Waals surface area contributed by atoms with Crippen LogP contribution >= 0.6 is 11.6 Å². The molecule has 0 unspecified atom stereocenters. The fourth-order valence-electron chi connectivity index (χ4n) is 5.23. The van der Waals surface area contributed by atoms with Gasteiger partial charge in [-0.2, -0.15) is 0 Å². The van der Waals surface area contributed by atoms with Crippen molar-refractivity contribution < 1.29 is 13.6 Å². The number of nitrogens with zero attached hydrogens (tertiary/aromatic N) is 2. The maximum Gasteiger partial charge on any atom is 0.252 e. The van der Waals surface area contributed by atoms with Gasteiger partial charge in [-0.05, 0) is 65.6 Å². The van der Waals surface area contributed by atoms with Crippen molar-refractivity contribution in [1.82, 2.24) is 15.2 Å². The van der Waals surface area contributed by atoms with Crippen LogP contribution in [-0.4, -0.2) is 84.6 Å². The summed E-state index contributed by atoms with van der Waals surface area (Å²) in [5, 5.41) is 0.797. The van der Waals surface area contributed by atoms with Gasteiger partial charge in [0.1, 0.15) is 58.6 Å². The van der Waals surface area contributed by atoms with Crippen molar-refractivity contribution in [3.63, 3.8) is 0 Å². The number of pyridine rings is 1. The van der Waals surface area contributed by atoms with Crippen LogP contribution in [0, 0.1) is 12.7 Å². The maximum atomic E-state index is 16.8. The van der Waals surface area contributed by atoms with Crippen molar-refractivity contribution in [2.75, 3.05) is 0 Å². The molecule has 1 saturated heterocycles. The number of hydrogen-bond acceptors (Lipinski definition) is 3. The number of carbonyl (C=O) groups excluding carboxylic acids is 1. The van der Waals surface area contributed by atoms with Gasteiger partial charge in [-0.1, -0.05) is 17.7 Å². The molecular weight excluding hydrogens is 437 g/mol. The Labute approximate surface area is 205 Å². The molecule has 0 bridgehead atoms. The van der Waals surface area contributed by atoms with Gasteiger partial charge in [-0.3, -0.25) is 9.78 Å². The lowest BCUT2D eigenvalue weighted by Gasteiger charge is -2.61. The number of likely N-dealkylation sites (tertiary alicyclic amines) is 1. The van der Waals surface area contributed by atoms with Gasteiger partial charge in [-0.15, -0.1) is 0 Å². The molecule has 2 aromatic rings. The van der Waals surface area contributed by atoms with Crippen LogP contribution in [0.25, 0.3) is 0 Å². The highest BCUT2D eigenvalue weighted by Crippen LogP contribution is 2.45. The predicted molar refractivity (Wildman–Crippen MR) is 146 cm³/mol. The van der Waals surface area contributed by atoms with Gasteiger partial charge in [0.05, 0.1) is 10.7 Å². The van der Waals surface area contributed by atoms with Crippen LogP contribution in [0.5, 0.6) is 0 Å². The average Bonchev–Trinajstić information content (AvgIpc) is 2.67. The Balaban J connectivity index is 1.86. The van der Waals surface area contributed by atoms with Crippen molar-refractivity contribution in [2.45, 2.75) is 48.0 Å². The summed E-state index contributed by atoms with van der Waals surface area (Å²) in [5.41, 5.74) is 0.610. The van der Waals surface area contributed by atoms with E-state index in [1.165, 1.54) is 18.2 Å². The lowest BCUT2D eigenvalue weighted by molar-refractivity contribution is -0.0100. The molecule has 4 nitrogen and oxygen atoms in total. The van der Waals surface area contributed by atoms with E-state index in [0.717, 1.165) is 11.3 Å². The number of alkyl halides is 1. The molecule has 1 fully saturated rings. The molecule has 1 N–H and O–H groups in total. The molecule has 13 heteroatoms. The Morgan fingerprint density at radius 1 is 1.18 bits per heavy atom. The second-order valence-electron chi connectivity index (χ2n) is 11.0. The zero-order valence-electron chi connectivity index (χ0n) is 20.5. The monoisotopic (exact) mass is 465 g/mol. The number of halogens is 3. The van der Waals surface area contributed by atoms with E-state index in [4.69, 9.17) is 11.6 Å². The van der Waals surface area contributed by atoms with E-state index in [1.54, 1.807) is 11.1 Å². The molecule has 2 heterocycles. The predicted octanol–water partition coefficient (Wildman–Crippen LogP) is -2.32. The van der Waals surface area contributed by atoms with E-state index >= 15 is 4.39 Å². The first-order chi connectivity index (χ1) is 15.1. The Morgan fingerprint density at radius 2 is 1.79 bits per heavy atom. The minimum absolute atomic E-state index is 0.108. The van der Waals surface area contributed by atoms with Crippen LogP contribution < -0.4 is 5.32 Å². The zero-order valence-corrected chi connectivity index (χ0v) is 21.3. The number of carbonyl (C=O) groups is 1. The van der Waals surface area contributed by atoms with Gasteiger partial charge in [0.25, 0.3) is 5.91 Å². The van der Waals surface area contributed by atoms with E-state index in [1.807, 2.05) is 66.1 Å². The van der Waals surface area contributed by atoms with E-state index in [-0.39, 0.29) is 29.3 Å². The summed E-state index contributed by atoms with van der Waals surface area (Å²) in [4.78, 5) is 19.6. The molecule has 3 rings (SSSR count). The third-order valence-electron chi connectivity index (χ3n) is 6.81. The van der Waals surface area contributed by atoms with Crippen molar-refractivity contribution in [2.24, 2.45) is 0 Å². The molecule has 1 aromatic heterocycles. The minimum atomic E-state index is -1.60. The van der Waals surface area contributed by atoms with E-state index in [9.17, 15) is 9.18 Å². The molecule has 33 heavy (non-hydrogen) atoms. The van der Waals surface area contributed by atoms with Gasteiger partial charge < -0.3 is 10.2 Å². The third-order valence-corrected chi connectivity index (χ3v) is 7.10. The molecule has 1 aliphatic rings. The summed E-state index contributed by atoms with van der Waals surface area (Å²) in [6, 6.07) is 7.87. The molecule has 0 spiro atoms. The zero-order chi connectivity index (χ0) is 24.8. The molecule has 0 aliphatic carbocycles. The fourth-order valence-corrected chi connectivity index (χ4v) is 5.41. The average molecular weight is 465 g/mol. The van der Waals surface area contributed by atoms with E-state index < -0.39 is 27.5 Å². The summed E-state index contributed by atoms with van der Waals surface area (Å²) in [6.07, 6.45) is 2.09. The number of nitrogens with one attached hydrogen (secondary N) is 1. The number of aryl methyl sites for hydroxylation is 1. The fraction of sp³-hybridized carbons (Fsp3) is 0.400. The lowest BCUT2D eigenvalue weighted by Crippen LogP contribution is -2.77. The largest absolute Gasteiger partial charge is 0.359 e. The second-order valence-corrected chi connectivity index (χ2v) is 11.4. The summed E-state index contributed by atoms with van der Waals surface area (Å²) in [7, 11) is 11.2. The van der Waals surface area contributed by atoms with Gasteiger partial charge in [-0.25, -0.2) is 8.78 Å². The van der Waals surface area contributed by atoms with Gasteiger partial charge in [0.2, 0.25) is 0 Å². The molecular formula is C20H28B6ClF2N3O. The highest BCUT2D eigenvalue weighted by molar-refractivity contribution is 6.47. The summed E-state index contributed by atoms with van der Waals surface area (Å²) in [5.74, 6) is -0.868. The number of hydrogen-bond donors (Lipinski definition) is 1. The van der Waals surface area contributed by atoms with Crippen molar-refractivity contribution in [3.05, 3.63) is 64.2 Å². The van der Waals surface area contributed by atoms with Crippen molar-refractivity contribution in [3.8, 4) is 0 Å². The summed E-state index contributed by atoms with van der Waals surface area (Å²) < 4.78 is 30.4. The van der Waals surface area contributed by atoms with E-state index in [0.29, 0.717) is 6.54 Å². The number of rotatable bonds is 5. The van der Waals surface area contributed by atoms with Crippen LogP contribution in [0.1, 0.15) is 34.5 Å². The second kappa shape index (κ2) is 8.84. The third kappa shape index (κ3) is 5.22. The van der Waals surface area contributed by atoms with Crippen LogP contribution in [0.4, 0.5) is 8.78 Å². The Kier molecular flexibility index (Phi) is 6.96. The van der Waals surface area contributed by atoms with Crippen molar-refractivity contribution >= 4 is 64.6 Å². The van der Waals surface area contributed by atoms with Crippen LogP contribution in [-0.2, 0) is 6.54 Å². The van der Waals surface area contributed by atoms with Gasteiger partial charge in [0.15, 0.2) is 0 Å². The van der Waals surface area contributed by atoms with Crippen LogP contribution in [0.15, 0.2) is 36.5 Å². The smallest absolute Gasteiger partial charge is 0.252 e. The number of amides is 1. The van der Waals surface area contributed by atoms with Crippen molar-refractivity contribution in [1.29, 1.82) is 0 Å². The van der Waals surface area contributed by atoms with Crippen LogP contribution in [0.3, 0.4) is 0 Å². The van der Waals surface area contributed by atoms with E-state index in [2.05, 4.69) is 10.3 Å². The molecule has 0 saturated carbocycles. The SMILES string of the molecule is BC1(B)CC(F)(C(B)(B)NCc2ccc(C)cn2)CC(B)(B)N1C(=O)c1ccc(F)c(Cl)c1. The first kappa shape index (κ1) is 26.0. The molecule has 0 radical (unpaired) electrons. The maximum absolute atomic E-state index is 16.8.